The molecule has 1 heterocycles. The first-order chi connectivity index (χ1) is 15.9. The number of aryl methyl sites for hydroxylation is 1. The summed E-state index contributed by atoms with van der Waals surface area (Å²) in [7, 11) is 0. The lowest BCUT2D eigenvalue weighted by atomic mass is 9.95. The molecule has 0 unspecified atom stereocenters. The predicted octanol–water partition coefficient (Wildman–Crippen LogP) is 3.54. The maximum atomic E-state index is 13.4. The summed E-state index contributed by atoms with van der Waals surface area (Å²) in [4.78, 5) is 27.4. The summed E-state index contributed by atoms with van der Waals surface area (Å²) in [5, 5.41) is 16.8. The second-order valence-corrected chi connectivity index (χ2v) is 9.28. The van der Waals surface area contributed by atoms with Crippen LogP contribution in [0.5, 0.6) is 0 Å². The van der Waals surface area contributed by atoms with Crippen molar-refractivity contribution in [2.75, 3.05) is 13.1 Å². The van der Waals surface area contributed by atoms with Gasteiger partial charge >= 0.3 is 6.03 Å². The molecule has 0 aliphatic carbocycles. The molecule has 0 saturated carbocycles. The van der Waals surface area contributed by atoms with E-state index >= 15 is 0 Å². The van der Waals surface area contributed by atoms with Crippen molar-refractivity contribution in [1.82, 2.24) is 15.5 Å². The van der Waals surface area contributed by atoms with Crippen LogP contribution in [0, 0.1) is 5.92 Å². The number of benzene rings is 2. The van der Waals surface area contributed by atoms with Gasteiger partial charge in [0.05, 0.1) is 6.10 Å². The number of carbonyl (C=O) groups is 2. The van der Waals surface area contributed by atoms with E-state index in [0.717, 1.165) is 18.4 Å². The van der Waals surface area contributed by atoms with Gasteiger partial charge in [-0.05, 0) is 49.1 Å². The summed E-state index contributed by atoms with van der Waals surface area (Å²) < 4.78 is 0. The van der Waals surface area contributed by atoms with Crippen molar-refractivity contribution in [3.63, 3.8) is 0 Å². The first-order valence-electron chi connectivity index (χ1n) is 12.0. The number of nitrogens with one attached hydrogen (secondary N) is 2. The van der Waals surface area contributed by atoms with E-state index in [-0.39, 0.29) is 23.9 Å². The lowest BCUT2D eigenvalue weighted by molar-refractivity contribution is -0.128. The molecule has 3 amide bonds. The van der Waals surface area contributed by atoms with Gasteiger partial charge in [-0.3, -0.25) is 4.79 Å². The molecule has 3 N–H and O–H groups in total. The van der Waals surface area contributed by atoms with Crippen LogP contribution >= 0.6 is 0 Å². The van der Waals surface area contributed by atoms with Crippen molar-refractivity contribution >= 4 is 11.9 Å². The first kappa shape index (κ1) is 24.8. The molecule has 3 atom stereocenters. The highest BCUT2D eigenvalue weighted by Crippen LogP contribution is 2.17. The predicted molar refractivity (Wildman–Crippen MR) is 131 cm³/mol. The summed E-state index contributed by atoms with van der Waals surface area (Å²) >= 11 is 0. The Bertz CT molecular complexity index is 873. The summed E-state index contributed by atoms with van der Waals surface area (Å²) in [6.45, 7) is 5.15. The van der Waals surface area contributed by atoms with Crippen molar-refractivity contribution in [1.29, 1.82) is 0 Å². The van der Waals surface area contributed by atoms with Crippen LogP contribution in [0.3, 0.4) is 0 Å². The third-order valence-corrected chi connectivity index (χ3v) is 6.19. The van der Waals surface area contributed by atoms with Gasteiger partial charge in [0.15, 0.2) is 0 Å². The van der Waals surface area contributed by atoms with Crippen LogP contribution in [0.1, 0.15) is 44.2 Å². The molecule has 33 heavy (non-hydrogen) atoms. The Kier molecular flexibility index (Phi) is 9.31. The molecule has 0 spiro atoms. The maximum absolute atomic E-state index is 13.4. The average molecular weight is 452 g/mol. The van der Waals surface area contributed by atoms with Crippen molar-refractivity contribution in [2.24, 2.45) is 5.92 Å². The molecular weight excluding hydrogens is 414 g/mol. The van der Waals surface area contributed by atoms with Gasteiger partial charge in [0, 0.05) is 19.1 Å². The molecule has 1 aliphatic rings. The minimum Gasteiger partial charge on any atom is -0.393 e. The second-order valence-electron chi connectivity index (χ2n) is 9.28. The van der Waals surface area contributed by atoms with Gasteiger partial charge in [0.25, 0.3) is 0 Å². The molecule has 2 aromatic carbocycles. The average Bonchev–Trinajstić information content (AvgIpc) is 2.80. The molecule has 3 rings (SSSR count). The topological polar surface area (TPSA) is 81.7 Å². The molecule has 178 valence electrons. The normalized spacial score (nSPS) is 16.7. The summed E-state index contributed by atoms with van der Waals surface area (Å²) in [5.41, 5.74) is 2.30. The molecule has 0 aromatic heterocycles. The van der Waals surface area contributed by atoms with Gasteiger partial charge in [0.2, 0.25) is 5.91 Å². The molecule has 6 nitrogen and oxygen atoms in total. The first-order valence-corrected chi connectivity index (χ1v) is 12.0. The fourth-order valence-corrected chi connectivity index (χ4v) is 4.52. The van der Waals surface area contributed by atoms with E-state index < -0.39 is 12.1 Å². The zero-order valence-corrected chi connectivity index (χ0v) is 19.7. The Morgan fingerprint density at radius 3 is 2.30 bits per heavy atom. The van der Waals surface area contributed by atoms with Crippen LogP contribution in [0.2, 0.25) is 0 Å². The molecule has 0 bridgehead atoms. The SMILES string of the molecule is CC(C)[C@@H](C(=O)N[C@@H](Cc1ccccc1)C[C@@H](O)CCc1ccccc1)N1CCCNC1=O. The van der Waals surface area contributed by atoms with E-state index in [0.29, 0.717) is 32.4 Å². The quantitative estimate of drug-likeness (QED) is 0.489. The molecule has 6 heteroatoms. The minimum absolute atomic E-state index is 0.0192. The zero-order valence-electron chi connectivity index (χ0n) is 19.7. The fraction of sp³-hybridized carbons (Fsp3) is 0.481. The summed E-state index contributed by atoms with van der Waals surface area (Å²) in [5.74, 6) is -0.174. The number of carbonyl (C=O) groups excluding carboxylic acids is 2. The number of rotatable bonds is 11. The lowest BCUT2D eigenvalue weighted by Crippen LogP contribution is -2.59. The number of aliphatic hydroxyl groups is 1. The number of amides is 3. The minimum atomic E-state index is -0.537. The van der Waals surface area contributed by atoms with Gasteiger partial charge in [-0.2, -0.15) is 0 Å². The number of nitrogens with zero attached hydrogens (tertiary/aromatic N) is 1. The van der Waals surface area contributed by atoms with Crippen LogP contribution in [0.15, 0.2) is 60.7 Å². The molecule has 1 aliphatic heterocycles. The van der Waals surface area contributed by atoms with E-state index in [1.165, 1.54) is 5.56 Å². The van der Waals surface area contributed by atoms with Crippen LogP contribution in [0.4, 0.5) is 4.79 Å². The highest BCUT2D eigenvalue weighted by Gasteiger charge is 2.34. The van der Waals surface area contributed by atoms with Crippen molar-refractivity contribution in [2.45, 2.75) is 64.1 Å². The Morgan fingerprint density at radius 1 is 1.06 bits per heavy atom. The molecule has 1 saturated heterocycles. The van der Waals surface area contributed by atoms with E-state index in [1.54, 1.807) is 4.90 Å². The van der Waals surface area contributed by atoms with E-state index in [9.17, 15) is 14.7 Å². The molecule has 0 radical (unpaired) electrons. The van der Waals surface area contributed by atoms with Crippen molar-refractivity contribution < 1.29 is 14.7 Å². The Balaban J connectivity index is 1.68. The Labute approximate surface area is 197 Å². The molecule has 2 aromatic rings. The highest BCUT2D eigenvalue weighted by atomic mass is 16.3. The van der Waals surface area contributed by atoms with Crippen LogP contribution in [-0.2, 0) is 17.6 Å². The Morgan fingerprint density at radius 2 is 1.70 bits per heavy atom. The van der Waals surface area contributed by atoms with Crippen molar-refractivity contribution in [3.05, 3.63) is 71.8 Å². The molecule has 1 fully saturated rings. The third kappa shape index (κ3) is 7.60. The number of aliphatic hydroxyl groups excluding tert-OH is 1. The van der Waals surface area contributed by atoms with Crippen LogP contribution < -0.4 is 10.6 Å². The van der Waals surface area contributed by atoms with Gasteiger partial charge < -0.3 is 20.6 Å². The van der Waals surface area contributed by atoms with E-state index in [4.69, 9.17) is 0 Å². The smallest absolute Gasteiger partial charge is 0.318 e. The van der Waals surface area contributed by atoms with Crippen molar-refractivity contribution in [3.8, 4) is 0 Å². The third-order valence-electron chi connectivity index (χ3n) is 6.19. The standard InChI is InChI=1S/C27H37N3O3/c1-20(2)25(30-17-9-16-28-27(30)33)26(32)29-23(18-22-12-7-4-8-13-22)19-24(31)15-14-21-10-5-3-6-11-21/h3-8,10-13,20,23-25,31H,9,14-19H2,1-2H3,(H,28,33)(H,29,32)/t23-,24-,25-/m0/s1. The number of hydrogen-bond donors (Lipinski definition) is 3. The summed E-state index contributed by atoms with van der Waals surface area (Å²) in [6.07, 6.45) is 2.81. The van der Waals surface area contributed by atoms with E-state index in [1.807, 2.05) is 62.4 Å². The second kappa shape index (κ2) is 12.4. The summed E-state index contributed by atoms with van der Waals surface area (Å²) in [6, 6.07) is 19.2. The van der Waals surface area contributed by atoms with Gasteiger partial charge in [-0.15, -0.1) is 0 Å². The monoisotopic (exact) mass is 451 g/mol. The number of hydrogen-bond acceptors (Lipinski definition) is 3. The maximum Gasteiger partial charge on any atom is 0.318 e. The van der Waals surface area contributed by atoms with Crippen LogP contribution in [0.25, 0.3) is 0 Å². The van der Waals surface area contributed by atoms with E-state index in [2.05, 4.69) is 22.8 Å². The molecular formula is C27H37N3O3. The van der Waals surface area contributed by atoms with Crippen LogP contribution in [-0.4, -0.2) is 53.2 Å². The largest absolute Gasteiger partial charge is 0.393 e. The van der Waals surface area contributed by atoms with Gasteiger partial charge in [-0.25, -0.2) is 4.79 Å². The fourth-order valence-electron chi connectivity index (χ4n) is 4.52. The van der Waals surface area contributed by atoms with Gasteiger partial charge in [-0.1, -0.05) is 74.5 Å². The highest BCUT2D eigenvalue weighted by molar-refractivity contribution is 5.87. The number of urea groups is 1. The Hall–Kier alpha value is -2.86. The van der Waals surface area contributed by atoms with Gasteiger partial charge in [0.1, 0.15) is 6.04 Å². The lowest BCUT2D eigenvalue weighted by Gasteiger charge is -2.37. The zero-order chi connectivity index (χ0) is 23.6.